The van der Waals surface area contributed by atoms with Crippen LogP contribution in [0.2, 0.25) is 0 Å². The number of hydrogen-bond acceptors (Lipinski definition) is 3. The van der Waals surface area contributed by atoms with Crippen LogP contribution in [-0.4, -0.2) is 27.0 Å². The first-order valence-corrected chi connectivity index (χ1v) is 12.7. The number of urea groups is 1. The van der Waals surface area contributed by atoms with Crippen molar-refractivity contribution in [2.24, 2.45) is 0 Å². The first-order valence-electron chi connectivity index (χ1n) is 11.2. The molecule has 0 spiro atoms. The molecule has 1 saturated carbocycles. The molecule has 0 bridgehead atoms. The van der Waals surface area contributed by atoms with Crippen molar-refractivity contribution in [2.75, 3.05) is 16.2 Å². The Labute approximate surface area is 185 Å². The minimum absolute atomic E-state index is 0.0770. The number of aryl methyl sites for hydroxylation is 2. The molecule has 2 N–H and O–H groups in total. The average Bonchev–Trinajstić information content (AvgIpc) is 3.19. The van der Waals surface area contributed by atoms with Gasteiger partial charge in [0, 0.05) is 18.3 Å². The molecule has 2 amide bonds. The number of carbonyl (C=O) groups is 1. The highest BCUT2D eigenvalue weighted by molar-refractivity contribution is 7.92. The number of benzene rings is 2. The lowest BCUT2D eigenvalue weighted by Gasteiger charge is -2.26. The number of hydrogen-bond donors (Lipinski definition) is 2. The molecule has 2 aliphatic rings. The molecule has 6 nitrogen and oxygen atoms in total. The molecule has 31 heavy (non-hydrogen) atoms. The van der Waals surface area contributed by atoms with Gasteiger partial charge in [0.2, 0.25) is 0 Å². The minimum Gasteiger partial charge on any atom is -0.335 e. The summed E-state index contributed by atoms with van der Waals surface area (Å²) in [5, 5.41) is 3.15. The molecular weight excluding hydrogens is 410 g/mol. The van der Waals surface area contributed by atoms with Crippen molar-refractivity contribution in [1.82, 2.24) is 5.32 Å². The Morgan fingerprint density at radius 2 is 1.90 bits per heavy atom. The molecule has 2 aromatic rings. The summed E-state index contributed by atoms with van der Waals surface area (Å²) in [7, 11) is -3.72. The molecule has 0 saturated heterocycles. The second-order valence-corrected chi connectivity index (χ2v) is 10.2. The second-order valence-electron chi connectivity index (χ2n) is 8.54. The van der Waals surface area contributed by atoms with Gasteiger partial charge in [-0.25, -0.2) is 13.2 Å². The summed E-state index contributed by atoms with van der Waals surface area (Å²) >= 11 is 0. The van der Waals surface area contributed by atoms with Crippen molar-refractivity contribution >= 4 is 27.4 Å². The van der Waals surface area contributed by atoms with E-state index in [1.165, 1.54) is 6.42 Å². The zero-order chi connectivity index (χ0) is 22.0. The summed E-state index contributed by atoms with van der Waals surface area (Å²) in [4.78, 5) is 14.8. The third-order valence-electron chi connectivity index (χ3n) is 6.41. The number of fused-ring (bicyclic) bond motifs is 1. The SMILES string of the molecule is CCc1cccc(C)c1NS(=O)(=O)c1ccc2c(c1)CCN2C(=O)NC1CCCCC1. The first-order chi connectivity index (χ1) is 14.9. The molecule has 0 atom stereocenters. The summed E-state index contributed by atoms with van der Waals surface area (Å²) in [6, 6.07) is 11.0. The van der Waals surface area contributed by atoms with E-state index in [-0.39, 0.29) is 17.0 Å². The minimum atomic E-state index is -3.72. The number of rotatable bonds is 5. The third kappa shape index (κ3) is 4.56. The van der Waals surface area contributed by atoms with Crippen molar-refractivity contribution in [2.45, 2.75) is 69.7 Å². The van der Waals surface area contributed by atoms with E-state index in [9.17, 15) is 13.2 Å². The van der Waals surface area contributed by atoms with Gasteiger partial charge in [-0.2, -0.15) is 0 Å². The van der Waals surface area contributed by atoms with Gasteiger partial charge in [-0.05, 0) is 67.5 Å². The van der Waals surface area contributed by atoms with E-state index in [4.69, 9.17) is 0 Å². The monoisotopic (exact) mass is 441 g/mol. The van der Waals surface area contributed by atoms with Crippen LogP contribution < -0.4 is 14.9 Å². The zero-order valence-electron chi connectivity index (χ0n) is 18.3. The standard InChI is InChI=1S/C24H31N3O3S/c1-3-18-9-7-8-17(2)23(18)26-31(29,30)21-12-13-22-19(16-21)14-15-27(22)24(28)25-20-10-5-4-6-11-20/h7-9,12-13,16,20,26H,3-6,10-11,14-15H2,1-2H3,(H,25,28). The van der Waals surface area contributed by atoms with Crippen LogP contribution >= 0.6 is 0 Å². The Morgan fingerprint density at radius 3 is 2.65 bits per heavy atom. The topological polar surface area (TPSA) is 78.5 Å². The van der Waals surface area contributed by atoms with E-state index in [2.05, 4.69) is 10.0 Å². The van der Waals surface area contributed by atoms with Crippen molar-refractivity contribution in [3.63, 3.8) is 0 Å². The molecule has 4 rings (SSSR count). The Hall–Kier alpha value is -2.54. The number of amides is 2. The number of nitrogens with one attached hydrogen (secondary N) is 2. The Bertz CT molecular complexity index is 1080. The normalized spacial score (nSPS) is 16.8. The van der Waals surface area contributed by atoms with Gasteiger partial charge < -0.3 is 5.32 Å². The highest BCUT2D eigenvalue weighted by Crippen LogP contribution is 2.32. The molecule has 1 aliphatic carbocycles. The van der Waals surface area contributed by atoms with Gasteiger partial charge in [0.05, 0.1) is 10.6 Å². The molecule has 1 heterocycles. The quantitative estimate of drug-likeness (QED) is 0.702. The van der Waals surface area contributed by atoms with Crippen LogP contribution in [-0.2, 0) is 22.9 Å². The number of sulfonamides is 1. The molecule has 7 heteroatoms. The number of carbonyl (C=O) groups excluding carboxylic acids is 1. The van der Waals surface area contributed by atoms with E-state index >= 15 is 0 Å². The smallest absolute Gasteiger partial charge is 0.322 e. The predicted molar refractivity (Wildman–Crippen MR) is 124 cm³/mol. The number of nitrogens with zero attached hydrogens (tertiary/aromatic N) is 1. The lowest BCUT2D eigenvalue weighted by molar-refractivity contribution is 0.238. The van der Waals surface area contributed by atoms with Crippen molar-refractivity contribution < 1.29 is 13.2 Å². The molecular formula is C24H31N3O3S. The Kier molecular flexibility index (Phi) is 6.23. The molecule has 0 unspecified atom stereocenters. The van der Waals surface area contributed by atoms with E-state index in [0.717, 1.165) is 54.5 Å². The van der Waals surface area contributed by atoms with Gasteiger partial charge in [-0.15, -0.1) is 0 Å². The molecule has 166 valence electrons. The lowest BCUT2D eigenvalue weighted by atomic mass is 9.96. The maximum absolute atomic E-state index is 13.1. The van der Waals surface area contributed by atoms with Gasteiger partial charge in [0.25, 0.3) is 10.0 Å². The maximum atomic E-state index is 13.1. The first kappa shape index (κ1) is 21.7. The summed E-state index contributed by atoms with van der Waals surface area (Å²) in [5.74, 6) is 0. The van der Waals surface area contributed by atoms with Crippen molar-refractivity contribution in [3.05, 3.63) is 53.1 Å². The second kappa shape index (κ2) is 8.91. The van der Waals surface area contributed by atoms with Gasteiger partial charge >= 0.3 is 6.03 Å². The highest BCUT2D eigenvalue weighted by atomic mass is 32.2. The van der Waals surface area contributed by atoms with Crippen LogP contribution in [0, 0.1) is 6.92 Å². The van der Waals surface area contributed by atoms with Crippen LogP contribution in [0.4, 0.5) is 16.2 Å². The fraction of sp³-hybridized carbons (Fsp3) is 0.458. The van der Waals surface area contributed by atoms with Crippen LogP contribution in [0.3, 0.4) is 0 Å². The molecule has 1 aliphatic heterocycles. The van der Waals surface area contributed by atoms with Gasteiger partial charge in [-0.3, -0.25) is 9.62 Å². The van der Waals surface area contributed by atoms with E-state index < -0.39 is 10.0 Å². The number of para-hydroxylation sites is 1. The van der Waals surface area contributed by atoms with Gasteiger partial charge in [0.1, 0.15) is 0 Å². The van der Waals surface area contributed by atoms with Crippen LogP contribution in [0.25, 0.3) is 0 Å². The Balaban J connectivity index is 1.53. The van der Waals surface area contributed by atoms with E-state index in [1.54, 1.807) is 23.1 Å². The van der Waals surface area contributed by atoms with Crippen molar-refractivity contribution in [1.29, 1.82) is 0 Å². The highest BCUT2D eigenvalue weighted by Gasteiger charge is 2.28. The molecule has 0 aromatic heterocycles. The average molecular weight is 442 g/mol. The third-order valence-corrected chi connectivity index (χ3v) is 7.76. The van der Waals surface area contributed by atoms with Crippen LogP contribution in [0.5, 0.6) is 0 Å². The molecule has 2 aromatic carbocycles. The summed E-state index contributed by atoms with van der Waals surface area (Å²) in [6.07, 6.45) is 7.04. The van der Waals surface area contributed by atoms with Gasteiger partial charge in [-0.1, -0.05) is 44.4 Å². The maximum Gasteiger partial charge on any atom is 0.322 e. The Morgan fingerprint density at radius 1 is 1.13 bits per heavy atom. The zero-order valence-corrected chi connectivity index (χ0v) is 19.1. The number of anilines is 2. The van der Waals surface area contributed by atoms with E-state index in [0.29, 0.717) is 18.7 Å². The molecule has 1 fully saturated rings. The van der Waals surface area contributed by atoms with Crippen LogP contribution in [0.1, 0.15) is 55.7 Å². The van der Waals surface area contributed by atoms with E-state index in [1.807, 2.05) is 32.0 Å². The predicted octanol–water partition coefficient (Wildman–Crippen LogP) is 4.76. The van der Waals surface area contributed by atoms with Crippen molar-refractivity contribution in [3.8, 4) is 0 Å². The van der Waals surface area contributed by atoms with Gasteiger partial charge in [0.15, 0.2) is 0 Å². The largest absolute Gasteiger partial charge is 0.335 e. The fourth-order valence-corrected chi connectivity index (χ4v) is 5.84. The summed E-state index contributed by atoms with van der Waals surface area (Å²) in [6.45, 7) is 4.49. The summed E-state index contributed by atoms with van der Waals surface area (Å²) < 4.78 is 29.0. The lowest BCUT2D eigenvalue weighted by Crippen LogP contribution is -2.45. The fourth-order valence-electron chi connectivity index (χ4n) is 4.62. The molecule has 0 radical (unpaired) electrons. The van der Waals surface area contributed by atoms with Crippen LogP contribution in [0.15, 0.2) is 41.3 Å². The summed E-state index contributed by atoms with van der Waals surface area (Å²) in [5.41, 5.74) is 4.21.